The van der Waals surface area contributed by atoms with Gasteiger partial charge in [-0.25, -0.2) is 8.42 Å². The van der Waals surface area contributed by atoms with Crippen molar-refractivity contribution in [2.45, 2.75) is 23.0 Å². The number of para-hydroxylation sites is 1. The van der Waals surface area contributed by atoms with Crippen molar-refractivity contribution in [2.75, 3.05) is 37.6 Å². The summed E-state index contributed by atoms with van der Waals surface area (Å²) in [7, 11) is -3.54. The zero-order valence-electron chi connectivity index (χ0n) is 18.1. The van der Waals surface area contributed by atoms with E-state index >= 15 is 0 Å². The average molecular weight is 469 g/mol. The Morgan fingerprint density at radius 3 is 2.03 bits per heavy atom. The van der Waals surface area contributed by atoms with Gasteiger partial charge in [0.25, 0.3) is 0 Å². The highest BCUT2D eigenvalue weighted by molar-refractivity contribution is 7.91. The van der Waals surface area contributed by atoms with E-state index in [0.717, 1.165) is 39.1 Å². The lowest BCUT2D eigenvalue weighted by Crippen LogP contribution is -2.46. The van der Waals surface area contributed by atoms with E-state index in [1.165, 1.54) is 5.69 Å². The van der Waals surface area contributed by atoms with Crippen LogP contribution in [0.5, 0.6) is 0 Å². The summed E-state index contributed by atoms with van der Waals surface area (Å²) in [5.41, 5.74) is 1.95. The van der Waals surface area contributed by atoms with Gasteiger partial charge in [-0.2, -0.15) is 0 Å². The topological polar surface area (TPSA) is 40.6 Å². The largest absolute Gasteiger partial charge is 0.369 e. The zero-order chi connectivity index (χ0) is 22.4. The third kappa shape index (κ3) is 5.34. The van der Waals surface area contributed by atoms with Gasteiger partial charge in [-0.05, 0) is 55.3 Å². The van der Waals surface area contributed by atoms with Gasteiger partial charge in [0.2, 0.25) is 0 Å². The molecule has 4 rings (SSSR count). The molecule has 0 amide bonds. The minimum Gasteiger partial charge on any atom is -0.369 e. The van der Waals surface area contributed by atoms with Crippen molar-refractivity contribution in [2.24, 2.45) is 0 Å². The van der Waals surface area contributed by atoms with Gasteiger partial charge >= 0.3 is 0 Å². The molecule has 0 aromatic heterocycles. The van der Waals surface area contributed by atoms with E-state index in [-0.39, 0.29) is 0 Å². The summed E-state index contributed by atoms with van der Waals surface area (Å²) < 4.78 is 27.0. The molecule has 1 fully saturated rings. The highest BCUT2D eigenvalue weighted by atomic mass is 35.5. The number of hydrogen-bond acceptors (Lipinski definition) is 4. The second kappa shape index (κ2) is 10.5. The van der Waals surface area contributed by atoms with Crippen LogP contribution in [0.1, 0.15) is 23.7 Å². The van der Waals surface area contributed by atoms with E-state index in [2.05, 4.69) is 34.1 Å². The van der Waals surface area contributed by atoms with Gasteiger partial charge in [0.05, 0.1) is 10.1 Å². The van der Waals surface area contributed by atoms with Gasteiger partial charge in [0, 0.05) is 36.9 Å². The summed E-state index contributed by atoms with van der Waals surface area (Å²) in [5.74, 6) is 0. The third-order valence-corrected chi connectivity index (χ3v) is 8.64. The molecule has 1 atom stereocenters. The molecular formula is C26H29ClN2O2S. The van der Waals surface area contributed by atoms with Crippen molar-refractivity contribution in [3.05, 3.63) is 95.5 Å². The van der Waals surface area contributed by atoms with E-state index in [9.17, 15) is 8.42 Å². The van der Waals surface area contributed by atoms with Gasteiger partial charge in [-0.3, -0.25) is 4.90 Å². The number of nitrogens with zero attached hydrogens (tertiary/aromatic N) is 2. The van der Waals surface area contributed by atoms with Crippen LogP contribution in [-0.2, 0) is 9.84 Å². The minimum absolute atomic E-state index is 0.349. The van der Waals surface area contributed by atoms with Crippen molar-refractivity contribution in [3.8, 4) is 0 Å². The Kier molecular flexibility index (Phi) is 7.51. The Hall–Kier alpha value is -2.34. The van der Waals surface area contributed by atoms with Gasteiger partial charge < -0.3 is 4.90 Å². The molecular weight excluding hydrogens is 440 g/mol. The first-order chi connectivity index (χ1) is 15.6. The molecule has 1 unspecified atom stereocenters. The van der Waals surface area contributed by atoms with Crippen LogP contribution in [0.25, 0.3) is 0 Å². The first kappa shape index (κ1) is 22.8. The molecule has 1 aliphatic heterocycles. The van der Waals surface area contributed by atoms with Crippen LogP contribution < -0.4 is 4.90 Å². The maximum atomic E-state index is 13.5. The number of halogens is 1. The predicted molar refractivity (Wildman–Crippen MR) is 132 cm³/mol. The lowest BCUT2D eigenvalue weighted by Gasteiger charge is -2.36. The van der Waals surface area contributed by atoms with Crippen molar-refractivity contribution in [1.82, 2.24) is 4.90 Å². The molecule has 4 nitrogen and oxygen atoms in total. The minimum atomic E-state index is -3.54. The molecule has 0 bridgehead atoms. The smallest absolute Gasteiger partial charge is 0.185 e. The Balaban J connectivity index is 1.41. The number of anilines is 1. The van der Waals surface area contributed by atoms with E-state index in [1.807, 2.05) is 30.3 Å². The van der Waals surface area contributed by atoms with E-state index < -0.39 is 15.1 Å². The molecule has 6 heteroatoms. The Morgan fingerprint density at radius 1 is 0.781 bits per heavy atom. The lowest BCUT2D eigenvalue weighted by atomic mass is 10.1. The number of rotatable bonds is 8. The van der Waals surface area contributed by atoms with E-state index in [1.54, 1.807) is 30.3 Å². The van der Waals surface area contributed by atoms with Crippen LogP contribution in [0.3, 0.4) is 0 Å². The number of piperazine rings is 1. The lowest BCUT2D eigenvalue weighted by molar-refractivity contribution is 0.252. The van der Waals surface area contributed by atoms with Crippen molar-refractivity contribution >= 4 is 27.1 Å². The molecule has 0 radical (unpaired) electrons. The first-order valence-corrected chi connectivity index (χ1v) is 13.0. The molecule has 0 spiro atoms. The highest BCUT2D eigenvalue weighted by Crippen LogP contribution is 2.36. The van der Waals surface area contributed by atoms with Crippen LogP contribution >= 0.6 is 11.6 Å². The van der Waals surface area contributed by atoms with Crippen LogP contribution in [0.15, 0.2) is 89.8 Å². The summed E-state index contributed by atoms with van der Waals surface area (Å²) >= 11 is 6.43. The molecule has 3 aromatic rings. The quantitative estimate of drug-likeness (QED) is 0.440. The van der Waals surface area contributed by atoms with Crippen LogP contribution in [0.4, 0.5) is 5.69 Å². The molecule has 0 N–H and O–H groups in total. The summed E-state index contributed by atoms with van der Waals surface area (Å²) in [6.07, 6.45) is 1.34. The molecule has 32 heavy (non-hydrogen) atoms. The normalized spacial score (nSPS) is 16.1. The maximum absolute atomic E-state index is 13.5. The number of sulfone groups is 1. The molecule has 1 aliphatic rings. The number of hydrogen-bond donors (Lipinski definition) is 0. The summed E-state index contributed by atoms with van der Waals surface area (Å²) in [6.45, 7) is 4.82. The van der Waals surface area contributed by atoms with Gasteiger partial charge in [0.15, 0.2) is 9.84 Å². The number of benzene rings is 3. The fourth-order valence-corrected chi connectivity index (χ4v) is 6.57. The summed E-state index contributed by atoms with van der Waals surface area (Å²) in [5, 5.41) is -0.141. The van der Waals surface area contributed by atoms with Crippen molar-refractivity contribution in [1.29, 1.82) is 0 Å². The van der Waals surface area contributed by atoms with Crippen LogP contribution in [0, 0.1) is 0 Å². The van der Waals surface area contributed by atoms with E-state index in [4.69, 9.17) is 11.6 Å². The second-order valence-corrected chi connectivity index (χ2v) is 10.7. The standard InChI is InChI=1S/C26H29ClN2O2S/c27-25-15-8-7-14-24(25)26(32(30,31)23-12-5-2-6-13-23)16-9-17-28-18-20-29(21-19-28)22-10-3-1-4-11-22/h1-8,10-15,26H,9,16-21H2. The fourth-order valence-electron chi connectivity index (χ4n) is 4.36. The van der Waals surface area contributed by atoms with E-state index in [0.29, 0.717) is 21.9 Å². The van der Waals surface area contributed by atoms with Crippen molar-refractivity contribution in [3.63, 3.8) is 0 Å². The van der Waals surface area contributed by atoms with Crippen LogP contribution in [-0.4, -0.2) is 46.0 Å². The molecule has 1 saturated heterocycles. The van der Waals surface area contributed by atoms with Gasteiger partial charge in [-0.1, -0.05) is 66.2 Å². The highest BCUT2D eigenvalue weighted by Gasteiger charge is 2.30. The molecule has 0 aliphatic carbocycles. The summed E-state index contributed by atoms with van der Waals surface area (Å²) in [6, 6.07) is 26.5. The Morgan fingerprint density at radius 2 is 1.38 bits per heavy atom. The molecule has 1 heterocycles. The van der Waals surface area contributed by atoms with Crippen LogP contribution in [0.2, 0.25) is 5.02 Å². The summed E-state index contributed by atoms with van der Waals surface area (Å²) in [4.78, 5) is 5.18. The molecule has 0 saturated carbocycles. The van der Waals surface area contributed by atoms with Gasteiger partial charge in [-0.15, -0.1) is 0 Å². The first-order valence-electron chi connectivity index (χ1n) is 11.1. The van der Waals surface area contributed by atoms with Gasteiger partial charge in [0.1, 0.15) is 0 Å². The fraction of sp³-hybridized carbons (Fsp3) is 0.308. The second-order valence-electron chi connectivity index (χ2n) is 8.17. The molecule has 168 valence electrons. The molecule has 3 aromatic carbocycles. The SMILES string of the molecule is O=S(=O)(c1ccccc1)C(CCCN1CCN(c2ccccc2)CC1)c1ccccc1Cl. The average Bonchev–Trinajstić information content (AvgIpc) is 2.84. The predicted octanol–water partition coefficient (Wildman–Crippen LogP) is 5.46. The monoisotopic (exact) mass is 468 g/mol. The zero-order valence-corrected chi connectivity index (χ0v) is 19.7. The Labute approximate surface area is 196 Å². The Bertz CT molecular complexity index is 1100. The van der Waals surface area contributed by atoms with Crippen molar-refractivity contribution < 1.29 is 8.42 Å². The maximum Gasteiger partial charge on any atom is 0.185 e. The third-order valence-electron chi connectivity index (χ3n) is 6.13.